The molecule has 2 heterocycles. The first kappa shape index (κ1) is 17.4. The number of hydrogen-bond acceptors (Lipinski definition) is 6. The second-order valence-electron chi connectivity index (χ2n) is 6.00. The highest BCUT2D eigenvalue weighted by Crippen LogP contribution is 2.24. The monoisotopic (exact) mass is 362 g/mol. The lowest BCUT2D eigenvalue weighted by atomic mass is 10.0. The van der Waals surface area contributed by atoms with Crippen molar-refractivity contribution in [3.63, 3.8) is 0 Å². The maximum atomic E-state index is 12.2. The van der Waals surface area contributed by atoms with Crippen LogP contribution < -0.4 is 10.2 Å². The molecular formula is C17H19ClN4O3. The number of amides is 1. The summed E-state index contributed by atoms with van der Waals surface area (Å²) in [5.74, 6) is 0.501. The van der Waals surface area contributed by atoms with Crippen molar-refractivity contribution in [2.24, 2.45) is 0 Å². The highest BCUT2D eigenvalue weighted by Gasteiger charge is 2.29. The molecule has 25 heavy (non-hydrogen) atoms. The summed E-state index contributed by atoms with van der Waals surface area (Å²) in [6.45, 7) is 1.06. The Hall–Kier alpha value is -2.38. The van der Waals surface area contributed by atoms with E-state index in [9.17, 15) is 15.0 Å². The topological polar surface area (TPSA) is 98.6 Å². The van der Waals surface area contributed by atoms with Gasteiger partial charge in [0.1, 0.15) is 11.6 Å². The molecule has 1 aromatic heterocycles. The fourth-order valence-electron chi connectivity index (χ4n) is 2.87. The molecule has 1 aliphatic heterocycles. The lowest BCUT2D eigenvalue weighted by Crippen LogP contribution is -2.54. The van der Waals surface area contributed by atoms with Gasteiger partial charge < -0.3 is 20.4 Å². The number of hydrogen-bond donors (Lipinski definition) is 3. The average Bonchev–Trinajstić information content (AvgIpc) is 2.61. The lowest BCUT2D eigenvalue weighted by molar-refractivity contribution is -0.122. The van der Waals surface area contributed by atoms with Gasteiger partial charge in [0.15, 0.2) is 0 Å². The predicted octanol–water partition coefficient (Wildman–Crippen LogP) is 1.13. The summed E-state index contributed by atoms with van der Waals surface area (Å²) in [4.78, 5) is 22.4. The molecule has 1 amide bonds. The number of aliphatic hydroxyl groups excluding tert-OH is 1. The standard InChI is InChI=1S/C17H19ClN4O3/c18-12-7-11(1-2-14(12)23)8-17(25)21-13-3-6-22(10-15(13)24)16-9-19-4-5-20-16/h1-2,4-5,7,9,13,15,23-24H,3,6,8,10H2,(H,21,25)/t13-,15-/m1/s1. The quantitative estimate of drug-likeness (QED) is 0.754. The van der Waals surface area contributed by atoms with Crippen molar-refractivity contribution in [1.29, 1.82) is 0 Å². The minimum absolute atomic E-state index is 0.0161. The second-order valence-corrected chi connectivity index (χ2v) is 6.41. The predicted molar refractivity (Wildman–Crippen MR) is 93.6 cm³/mol. The molecule has 0 spiro atoms. The highest BCUT2D eigenvalue weighted by atomic mass is 35.5. The Morgan fingerprint density at radius 2 is 2.24 bits per heavy atom. The van der Waals surface area contributed by atoms with Crippen molar-refractivity contribution in [2.75, 3.05) is 18.0 Å². The molecule has 3 rings (SSSR count). The number of anilines is 1. The molecule has 3 N–H and O–H groups in total. The van der Waals surface area contributed by atoms with E-state index in [-0.39, 0.29) is 29.1 Å². The largest absolute Gasteiger partial charge is 0.506 e. The minimum atomic E-state index is -0.692. The van der Waals surface area contributed by atoms with E-state index in [1.807, 2.05) is 4.90 Å². The zero-order chi connectivity index (χ0) is 17.8. The van der Waals surface area contributed by atoms with Gasteiger partial charge in [0.25, 0.3) is 0 Å². The number of β-amino-alcohol motifs (C(OH)–C–C–N with tert-alkyl or cyclic N) is 1. The van der Waals surface area contributed by atoms with Gasteiger partial charge >= 0.3 is 0 Å². The Labute approximate surface area is 150 Å². The first-order valence-electron chi connectivity index (χ1n) is 7.98. The van der Waals surface area contributed by atoms with Gasteiger partial charge in [-0.25, -0.2) is 4.98 Å². The van der Waals surface area contributed by atoms with Crippen LogP contribution in [-0.4, -0.2) is 51.3 Å². The Kier molecular flexibility index (Phi) is 5.35. The van der Waals surface area contributed by atoms with Crippen LogP contribution in [0.1, 0.15) is 12.0 Å². The van der Waals surface area contributed by atoms with Gasteiger partial charge in [-0.3, -0.25) is 9.78 Å². The lowest BCUT2D eigenvalue weighted by Gasteiger charge is -2.36. The molecule has 0 aliphatic carbocycles. The zero-order valence-electron chi connectivity index (χ0n) is 13.5. The molecule has 1 saturated heterocycles. The average molecular weight is 363 g/mol. The van der Waals surface area contributed by atoms with Crippen LogP contribution in [0.2, 0.25) is 5.02 Å². The van der Waals surface area contributed by atoms with Crippen LogP contribution in [-0.2, 0) is 11.2 Å². The van der Waals surface area contributed by atoms with Crippen molar-refractivity contribution in [3.05, 3.63) is 47.4 Å². The van der Waals surface area contributed by atoms with Gasteiger partial charge in [0.05, 0.1) is 29.8 Å². The molecule has 1 fully saturated rings. The summed E-state index contributed by atoms with van der Waals surface area (Å²) in [7, 11) is 0. The molecule has 132 valence electrons. The van der Waals surface area contributed by atoms with E-state index in [1.165, 1.54) is 6.07 Å². The third kappa shape index (κ3) is 4.37. The number of rotatable bonds is 4. The summed E-state index contributed by atoms with van der Waals surface area (Å²) in [6, 6.07) is 4.35. The number of aromatic nitrogens is 2. The Morgan fingerprint density at radius 1 is 1.40 bits per heavy atom. The van der Waals surface area contributed by atoms with Gasteiger partial charge in [0, 0.05) is 25.5 Å². The second kappa shape index (κ2) is 7.67. The van der Waals surface area contributed by atoms with E-state index in [2.05, 4.69) is 15.3 Å². The van der Waals surface area contributed by atoms with Crippen molar-refractivity contribution in [3.8, 4) is 5.75 Å². The van der Waals surface area contributed by atoms with Crippen LogP contribution in [0.15, 0.2) is 36.8 Å². The Morgan fingerprint density at radius 3 is 2.92 bits per heavy atom. The fourth-order valence-corrected chi connectivity index (χ4v) is 3.07. The molecule has 0 radical (unpaired) electrons. The number of phenolic OH excluding ortho intramolecular Hbond substituents is 1. The van der Waals surface area contributed by atoms with Gasteiger partial charge in [-0.1, -0.05) is 17.7 Å². The molecule has 1 aliphatic rings. The summed E-state index contributed by atoms with van der Waals surface area (Å²) < 4.78 is 0. The number of nitrogens with one attached hydrogen (secondary N) is 1. The molecule has 7 nitrogen and oxygen atoms in total. The maximum Gasteiger partial charge on any atom is 0.224 e. The van der Waals surface area contributed by atoms with E-state index in [0.717, 1.165) is 0 Å². The summed E-state index contributed by atoms with van der Waals surface area (Å²) in [6.07, 6.45) is 4.92. The van der Waals surface area contributed by atoms with Crippen molar-refractivity contribution < 1.29 is 15.0 Å². The van der Waals surface area contributed by atoms with Crippen LogP contribution in [0.3, 0.4) is 0 Å². The van der Waals surface area contributed by atoms with Gasteiger partial charge in [-0.2, -0.15) is 0 Å². The third-order valence-electron chi connectivity index (χ3n) is 4.18. The molecule has 8 heteroatoms. The van der Waals surface area contributed by atoms with Gasteiger partial charge in [-0.05, 0) is 24.1 Å². The number of phenols is 1. The van der Waals surface area contributed by atoms with E-state index in [1.54, 1.807) is 30.7 Å². The highest BCUT2D eigenvalue weighted by molar-refractivity contribution is 6.32. The van der Waals surface area contributed by atoms with Gasteiger partial charge in [-0.15, -0.1) is 0 Å². The van der Waals surface area contributed by atoms with Gasteiger partial charge in [0.2, 0.25) is 5.91 Å². The van der Waals surface area contributed by atoms with Crippen LogP contribution in [0.4, 0.5) is 5.82 Å². The van der Waals surface area contributed by atoms with Crippen molar-refractivity contribution >= 4 is 23.3 Å². The number of piperidine rings is 1. The number of nitrogens with zero attached hydrogens (tertiary/aromatic N) is 3. The van der Waals surface area contributed by atoms with Crippen LogP contribution in [0.5, 0.6) is 5.75 Å². The van der Waals surface area contributed by atoms with Crippen LogP contribution >= 0.6 is 11.6 Å². The molecular weight excluding hydrogens is 344 g/mol. The summed E-state index contributed by atoms with van der Waals surface area (Å²) in [5, 5.41) is 22.8. The van der Waals surface area contributed by atoms with E-state index in [4.69, 9.17) is 11.6 Å². The van der Waals surface area contributed by atoms with E-state index in [0.29, 0.717) is 30.9 Å². The van der Waals surface area contributed by atoms with E-state index >= 15 is 0 Å². The zero-order valence-corrected chi connectivity index (χ0v) is 14.2. The smallest absolute Gasteiger partial charge is 0.224 e. The normalized spacial score (nSPS) is 20.3. The first-order chi connectivity index (χ1) is 12.0. The van der Waals surface area contributed by atoms with Crippen LogP contribution in [0.25, 0.3) is 0 Å². The third-order valence-corrected chi connectivity index (χ3v) is 4.48. The Bertz CT molecular complexity index is 744. The SMILES string of the molecule is O=C(Cc1ccc(O)c(Cl)c1)N[C@@H]1CCN(c2cnccn2)C[C@H]1O. The Balaban J connectivity index is 1.55. The fraction of sp³-hybridized carbons (Fsp3) is 0.353. The molecule has 0 saturated carbocycles. The number of halogens is 1. The van der Waals surface area contributed by atoms with Crippen LogP contribution in [0, 0.1) is 0 Å². The summed E-state index contributed by atoms with van der Waals surface area (Å²) >= 11 is 5.85. The van der Waals surface area contributed by atoms with Crippen molar-refractivity contribution in [1.82, 2.24) is 15.3 Å². The number of aliphatic hydroxyl groups is 1. The molecule has 2 aromatic rings. The summed E-state index contributed by atoms with van der Waals surface area (Å²) in [5.41, 5.74) is 0.701. The maximum absolute atomic E-state index is 12.2. The number of carbonyl (C=O) groups is 1. The van der Waals surface area contributed by atoms with Crippen molar-refractivity contribution in [2.45, 2.75) is 25.0 Å². The number of carbonyl (C=O) groups excluding carboxylic acids is 1. The molecule has 0 unspecified atom stereocenters. The molecule has 2 atom stereocenters. The molecule has 0 bridgehead atoms. The first-order valence-corrected chi connectivity index (χ1v) is 8.36. The minimum Gasteiger partial charge on any atom is -0.506 e. The number of benzene rings is 1. The molecule has 1 aromatic carbocycles. The number of aromatic hydroxyl groups is 1. The van der Waals surface area contributed by atoms with E-state index < -0.39 is 6.10 Å².